The lowest BCUT2D eigenvalue weighted by Gasteiger charge is -2.14. The Bertz CT molecular complexity index is 784. The molecule has 4 nitrogen and oxygen atoms in total. The highest BCUT2D eigenvalue weighted by Crippen LogP contribution is 2.40. The van der Waals surface area contributed by atoms with E-state index < -0.39 is 7.59 Å². The van der Waals surface area contributed by atoms with Gasteiger partial charge < -0.3 is 4.74 Å². The van der Waals surface area contributed by atoms with Gasteiger partial charge in [0.15, 0.2) is 17.5 Å². The molecule has 140 valence electrons. The summed E-state index contributed by atoms with van der Waals surface area (Å²) in [4.78, 5) is 12.1. The fourth-order valence-corrected chi connectivity index (χ4v) is 2.58. The van der Waals surface area contributed by atoms with Gasteiger partial charge in [0.05, 0.1) is 11.6 Å². The summed E-state index contributed by atoms with van der Waals surface area (Å²) in [5, 5.41) is 0.466. The predicted molar refractivity (Wildman–Crippen MR) is 110 cm³/mol. The van der Waals surface area contributed by atoms with Crippen LogP contribution in [-0.4, -0.2) is 21.6 Å². The van der Waals surface area contributed by atoms with E-state index in [2.05, 4.69) is 15.0 Å². The van der Waals surface area contributed by atoms with Gasteiger partial charge in [-0.05, 0) is 25.1 Å². The Kier molecular flexibility index (Phi) is 7.54. The minimum absolute atomic E-state index is 0.130. The number of halogens is 7. The van der Waals surface area contributed by atoms with E-state index in [0.717, 1.165) is 0 Å². The Morgan fingerprint density at radius 3 is 2.00 bits per heavy atom. The molecule has 1 aromatic heterocycles. The normalized spacial score (nSPS) is 12.6. The molecule has 0 aliphatic rings. The summed E-state index contributed by atoms with van der Waals surface area (Å²) in [6, 6.07) is 5.30. The van der Waals surface area contributed by atoms with Crippen molar-refractivity contribution in [3.8, 4) is 5.75 Å². The van der Waals surface area contributed by atoms with Gasteiger partial charge in [-0.3, -0.25) is 0 Å². The van der Waals surface area contributed by atoms with Crippen molar-refractivity contribution in [3.05, 3.63) is 46.3 Å². The first-order valence-corrected chi connectivity index (χ1v) is 9.66. The van der Waals surface area contributed by atoms with Crippen LogP contribution in [0.3, 0.4) is 0 Å². The van der Waals surface area contributed by atoms with E-state index in [0.29, 0.717) is 22.9 Å². The molecule has 0 amide bonds. The van der Waals surface area contributed by atoms with Crippen LogP contribution in [0.2, 0.25) is 5.02 Å². The lowest BCUT2D eigenvalue weighted by molar-refractivity contribution is 0.340. The highest BCUT2D eigenvalue weighted by molar-refractivity contribution is 6.67. The molecule has 0 saturated carbocycles. The van der Waals surface area contributed by atoms with Crippen molar-refractivity contribution in [3.63, 3.8) is 0 Å². The molecule has 2 rings (SSSR count). The quantitative estimate of drug-likeness (QED) is 0.440. The van der Waals surface area contributed by atoms with E-state index in [1.54, 1.807) is 24.3 Å². The zero-order chi connectivity index (χ0) is 19.5. The largest absolute Gasteiger partial charge is 0.492 e. The minimum atomic E-state index is -1.91. The predicted octanol–water partition coefficient (Wildman–Crippen LogP) is 6.75. The third-order valence-corrected chi connectivity index (χ3v) is 4.17. The van der Waals surface area contributed by atoms with Crippen LogP contribution in [0.1, 0.15) is 30.0 Å². The summed E-state index contributed by atoms with van der Waals surface area (Å²) in [7, 11) is 0. The highest BCUT2D eigenvalue weighted by Gasteiger charge is 2.33. The second-order valence-corrected chi connectivity index (χ2v) is 9.73. The molecule has 11 heteroatoms. The van der Waals surface area contributed by atoms with Crippen LogP contribution in [-0.2, 0) is 7.59 Å². The van der Waals surface area contributed by atoms with Gasteiger partial charge in [0, 0.05) is 5.56 Å². The molecule has 0 atom stereocenters. The molecule has 0 spiro atoms. The first kappa shape index (κ1) is 22.1. The number of hydrogen-bond acceptors (Lipinski definition) is 4. The van der Waals surface area contributed by atoms with Crippen LogP contribution in [0.15, 0.2) is 18.2 Å². The summed E-state index contributed by atoms with van der Waals surface area (Å²) in [5.74, 6) is 0.305. The summed E-state index contributed by atoms with van der Waals surface area (Å²) < 4.78 is 1.72. The van der Waals surface area contributed by atoms with Crippen molar-refractivity contribution in [2.75, 3.05) is 6.61 Å². The molecule has 0 bridgehead atoms. The fraction of sp³-hybridized carbons (Fsp3) is 0.267. The Morgan fingerprint density at radius 2 is 1.50 bits per heavy atom. The molecule has 2 aromatic rings. The molecular weight excluding hydrogens is 486 g/mol. The van der Waals surface area contributed by atoms with Crippen LogP contribution < -0.4 is 4.74 Å². The fourth-order valence-electron chi connectivity index (χ4n) is 1.84. The number of nitrogens with zero attached hydrogens (tertiary/aromatic N) is 3. The van der Waals surface area contributed by atoms with Crippen LogP contribution in [0.5, 0.6) is 5.75 Å². The first-order chi connectivity index (χ1) is 12.0. The van der Waals surface area contributed by atoms with Crippen LogP contribution in [0.25, 0.3) is 12.2 Å². The van der Waals surface area contributed by atoms with E-state index in [1.807, 2.05) is 6.92 Å². The van der Waals surface area contributed by atoms with Crippen LogP contribution in [0.4, 0.5) is 0 Å². The lowest BCUT2D eigenvalue weighted by Crippen LogP contribution is -2.16. The minimum Gasteiger partial charge on any atom is -0.492 e. The molecule has 0 fully saturated rings. The van der Waals surface area contributed by atoms with E-state index in [1.165, 1.54) is 6.08 Å². The van der Waals surface area contributed by atoms with E-state index >= 15 is 0 Å². The first-order valence-electron chi connectivity index (χ1n) is 7.02. The van der Waals surface area contributed by atoms with Crippen molar-refractivity contribution in [2.45, 2.75) is 14.5 Å². The summed E-state index contributed by atoms with van der Waals surface area (Å²) in [6.07, 6.45) is 3.21. The Hall–Kier alpha value is -0.200. The van der Waals surface area contributed by atoms with Gasteiger partial charge in [0.2, 0.25) is 7.59 Å². The number of alkyl halides is 6. The van der Waals surface area contributed by atoms with Crippen molar-refractivity contribution in [2.24, 2.45) is 0 Å². The van der Waals surface area contributed by atoms with Gasteiger partial charge in [-0.1, -0.05) is 93.3 Å². The highest BCUT2D eigenvalue weighted by atomic mass is 35.6. The molecule has 0 aliphatic heterocycles. The monoisotopic (exact) mass is 493 g/mol. The van der Waals surface area contributed by atoms with Crippen molar-refractivity contribution in [1.82, 2.24) is 15.0 Å². The number of rotatable bonds is 4. The summed E-state index contributed by atoms with van der Waals surface area (Å²) in [6.45, 7) is 2.30. The van der Waals surface area contributed by atoms with Crippen molar-refractivity contribution in [1.29, 1.82) is 0 Å². The van der Waals surface area contributed by atoms with Crippen LogP contribution >= 0.6 is 81.2 Å². The van der Waals surface area contributed by atoms with E-state index in [4.69, 9.17) is 85.9 Å². The van der Waals surface area contributed by atoms with Crippen molar-refractivity contribution >= 4 is 93.4 Å². The summed E-state index contributed by atoms with van der Waals surface area (Å²) in [5.41, 5.74) is 0.700. The molecule has 0 aliphatic carbocycles. The third-order valence-electron chi connectivity index (χ3n) is 2.86. The molecule has 0 N–H and O–H groups in total. The zero-order valence-electron chi connectivity index (χ0n) is 13.0. The number of aromatic nitrogens is 3. The van der Waals surface area contributed by atoms with Gasteiger partial charge in [0.1, 0.15) is 5.75 Å². The molecular formula is C15H10Cl7N3O. The van der Waals surface area contributed by atoms with Gasteiger partial charge in [-0.15, -0.1) is 0 Å². The number of para-hydroxylation sites is 1. The molecule has 0 unspecified atom stereocenters. The maximum atomic E-state index is 6.16. The Labute approximate surface area is 185 Å². The zero-order valence-corrected chi connectivity index (χ0v) is 18.3. The second kappa shape index (κ2) is 8.87. The van der Waals surface area contributed by atoms with Gasteiger partial charge >= 0.3 is 0 Å². The number of ether oxygens (including phenoxy) is 1. The molecule has 0 saturated heterocycles. The topological polar surface area (TPSA) is 47.9 Å². The lowest BCUT2D eigenvalue weighted by atomic mass is 10.2. The number of hydrogen-bond donors (Lipinski definition) is 0. The number of benzene rings is 1. The molecule has 1 aromatic carbocycles. The Balaban J connectivity index is 2.50. The summed E-state index contributed by atoms with van der Waals surface area (Å²) >= 11 is 41.2. The van der Waals surface area contributed by atoms with E-state index in [-0.39, 0.29) is 17.5 Å². The average molecular weight is 496 g/mol. The maximum absolute atomic E-state index is 6.16. The van der Waals surface area contributed by atoms with E-state index in [9.17, 15) is 0 Å². The molecule has 1 heterocycles. The SMILES string of the molecule is CCOc1c(Cl)cccc1C=Cc1nc(C(Cl)(Cl)Cl)nc(C(Cl)(Cl)Cl)n1. The third kappa shape index (κ3) is 5.90. The van der Waals surface area contributed by atoms with Crippen molar-refractivity contribution < 1.29 is 4.74 Å². The maximum Gasteiger partial charge on any atom is 0.250 e. The standard InChI is InChI=1S/C15H10Cl7N3O/c1-2-26-11-8(4-3-5-9(11)16)6-7-10-23-12(14(17,18)19)25-13(24-10)15(20,21)22/h3-7H,2H2,1H3. The van der Waals surface area contributed by atoms with Gasteiger partial charge in [-0.2, -0.15) is 0 Å². The van der Waals surface area contributed by atoms with Gasteiger partial charge in [0.25, 0.3) is 0 Å². The van der Waals surface area contributed by atoms with Gasteiger partial charge in [-0.25, -0.2) is 15.0 Å². The Morgan fingerprint density at radius 1 is 0.923 bits per heavy atom. The second-order valence-electron chi connectivity index (χ2n) is 4.76. The molecule has 26 heavy (non-hydrogen) atoms. The molecule has 0 radical (unpaired) electrons. The average Bonchev–Trinajstić information content (AvgIpc) is 2.53. The smallest absolute Gasteiger partial charge is 0.250 e. The van der Waals surface area contributed by atoms with Crippen LogP contribution in [0, 0.1) is 0 Å².